The van der Waals surface area contributed by atoms with Gasteiger partial charge in [-0.05, 0) is 27.7 Å². The Hall–Kier alpha value is -0.280. The van der Waals surface area contributed by atoms with E-state index < -0.39 is 35.6 Å². The number of nitrogens with two attached hydrogens (primary N) is 1. The second-order valence-corrected chi connectivity index (χ2v) is 6.62. The lowest BCUT2D eigenvalue weighted by atomic mass is 9.87. The smallest absolute Gasteiger partial charge is 0.189 e. The minimum Gasteiger partial charge on any atom is -0.394 e. The molecule has 3 saturated heterocycles. The van der Waals surface area contributed by atoms with Gasteiger partial charge in [0.2, 0.25) is 0 Å². The minimum absolute atomic E-state index is 0.279. The van der Waals surface area contributed by atoms with Gasteiger partial charge in [0.15, 0.2) is 17.9 Å². The Labute approximate surface area is 118 Å². The van der Waals surface area contributed by atoms with Gasteiger partial charge < -0.3 is 34.5 Å². The molecule has 3 fully saturated rings. The highest BCUT2D eigenvalue weighted by molar-refractivity contribution is 5.11. The minimum atomic E-state index is -1.08. The molecule has 116 valence electrons. The maximum Gasteiger partial charge on any atom is 0.189 e. The molecule has 0 amide bonds. The number of hydrogen-bond acceptors (Lipinski definition) is 7. The standard InChI is InChI=1S/C13H23NO6/c1-11(2)16-5-7(18-11)8-13(14,6-15)9-10(17-8)20-12(3,4)19-9/h7-10,15H,5-6,14H2,1-4H3/t7?,8-,9+,10-,13-/m1/s1. The molecular formula is C13H23NO6. The third-order valence-corrected chi connectivity index (χ3v) is 4.04. The van der Waals surface area contributed by atoms with Crippen LogP contribution in [0.25, 0.3) is 0 Å². The molecule has 0 aliphatic carbocycles. The fraction of sp³-hybridized carbons (Fsp3) is 1.00. The average Bonchev–Trinajstić information content (AvgIpc) is 2.91. The summed E-state index contributed by atoms with van der Waals surface area (Å²) in [5, 5.41) is 9.77. The molecule has 5 atom stereocenters. The topological polar surface area (TPSA) is 92.4 Å². The van der Waals surface area contributed by atoms with Crippen molar-refractivity contribution in [3.8, 4) is 0 Å². The van der Waals surface area contributed by atoms with Crippen molar-refractivity contribution in [1.82, 2.24) is 0 Å². The van der Waals surface area contributed by atoms with Gasteiger partial charge in [-0.2, -0.15) is 0 Å². The van der Waals surface area contributed by atoms with E-state index in [0.29, 0.717) is 6.61 Å². The van der Waals surface area contributed by atoms with Crippen molar-refractivity contribution >= 4 is 0 Å². The van der Waals surface area contributed by atoms with E-state index in [0.717, 1.165) is 0 Å². The summed E-state index contributed by atoms with van der Waals surface area (Å²) in [5.41, 5.74) is 5.29. The van der Waals surface area contributed by atoms with Crippen LogP contribution in [0.2, 0.25) is 0 Å². The van der Waals surface area contributed by atoms with E-state index >= 15 is 0 Å². The van der Waals surface area contributed by atoms with Crippen LogP contribution in [-0.2, 0) is 23.7 Å². The van der Waals surface area contributed by atoms with Crippen LogP contribution in [0.1, 0.15) is 27.7 Å². The first-order valence-corrected chi connectivity index (χ1v) is 6.89. The molecule has 3 heterocycles. The summed E-state index contributed by atoms with van der Waals surface area (Å²) in [4.78, 5) is 0. The monoisotopic (exact) mass is 289 g/mol. The summed E-state index contributed by atoms with van der Waals surface area (Å²) < 4.78 is 28.7. The first-order chi connectivity index (χ1) is 9.17. The van der Waals surface area contributed by atoms with Crippen LogP contribution in [-0.4, -0.2) is 60.0 Å². The maximum atomic E-state index is 9.77. The van der Waals surface area contributed by atoms with Crippen LogP contribution >= 0.6 is 0 Å². The lowest BCUT2D eigenvalue weighted by Gasteiger charge is -2.35. The van der Waals surface area contributed by atoms with Crippen LogP contribution in [0.5, 0.6) is 0 Å². The van der Waals surface area contributed by atoms with E-state index in [1.165, 1.54) is 0 Å². The molecule has 0 aromatic heterocycles. The number of hydrogen-bond donors (Lipinski definition) is 2. The lowest BCUT2D eigenvalue weighted by Crippen LogP contribution is -2.62. The average molecular weight is 289 g/mol. The SMILES string of the molecule is CC1(C)OCC([C@H]2O[C@@H]3OC(C)(C)O[C@@H]3[C@@]2(N)CO)O1. The van der Waals surface area contributed by atoms with Gasteiger partial charge in [0.1, 0.15) is 18.3 Å². The van der Waals surface area contributed by atoms with Gasteiger partial charge in [0.05, 0.1) is 18.8 Å². The largest absolute Gasteiger partial charge is 0.394 e. The second kappa shape index (κ2) is 4.36. The summed E-state index contributed by atoms with van der Waals surface area (Å²) in [5.74, 6) is -1.45. The Morgan fingerprint density at radius 1 is 1.05 bits per heavy atom. The number of ether oxygens (including phenoxy) is 5. The van der Waals surface area contributed by atoms with Crippen molar-refractivity contribution < 1.29 is 28.8 Å². The molecule has 1 unspecified atom stereocenters. The van der Waals surface area contributed by atoms with Crippen molar-refractivity contribution in [2.24, 2.45) is 5.73 Å². The van der Waals surface area contributed by atoms with E-state index in [1.807, 2.05) is 13.8 Å². The molecule has 3 rings (SSSR count). The predicted octanol–water partition coefficient (Wildman–Crippen LogP) is -0.296. The molecule has 3 N–H and O–H groups in total. The third-order valence-electron chi connectivity index (χ3n) is 4.04. The van der Waals surface area contributed by atoms with E-state index in [9.17, 15) is 5.11 Å². The molecule has 0 saturated carbocycles. The number of aliphatic hydroxyl groups excluding tert-OH is 1. The van der Waals surface area contributed by atoms with Crippen molar-refractivity contribution in [1.29, 1.82) is 0 Å². The first kappa shape index (κ1) is 14.6. The van der Waals surface area contributed by atoms with Crippen molar-refractivity contribution in [3.05, 3.63) is 0 Å². The highest BCUT2D eigenvalue weighted by Crippen LogP contribution is 2.44. The molecule has 0 spiro atoms. The van der Waals surface area contributed by atoms with Gasteiger partial charge in [0, 0.05) is 0 Å². The zero-order chi connectivity index (χ0) is 14.8. The van der Waals surface area contributed by atoms with E-state index in [2.05, 4.69) is 0 Å². The molecule has 0 bridgehead atoms. The van der Waals surface area contributed by atoms with Gasteiger partial charge in [0.25, 0.3) is 0 Å². The molecule has 0 aromatic rings. The van der Waals surface area contributed by atoms with Gasteiger partial charge >= 0.3 is 0 Å². The lowest BCUT2D eigenvalue weighted by molar-refractivity contribution is -0.230. The summed E-state index contributed by atoms with van der Waals surface area (Å²) in [6, 6.07) is 0. The Balaban J connectivity index is 1.81. The van der Waals surface area contributed by atoms with Crippen molar-refractivity contribution in [3.63, 3.8) is 0 Å². The van der Waals surface area contributed by atoms with Gasteiger partial charge in [-0.15, -0.1) is 0 Å². The highest BCUT2D eigenvalue weighted by Gasteiger charge is 2.64. The van der Waals surface area contributed by atoms with Gasteiger partial charge in [-0.1, -0.05) is 0 Å². The maximum absolute atomic E-state index is 9.77. The van der Waals surface area contributed by atoms with Crippen LogP contribution in [0.3, 0.4) is 0 Å². The molecule has 7 heteroatoms. The van der Waals surface area contributed by atoms with E-state index in [-0.39, 0.29) is 12.7 Å². The molecular weight excluding hydrogens is 266 g/mol. The zero-order valence-corrected chi connectivity index (χ0v) is 12.3. The summed E-state index contributed by atoms with van der Waals surface area (Å²) in [6.45, 7) is 7.32. The second-order valence-electron chi connectivity index (χ2n) is 6.62. The fourth-order valence-electron chi connectivity index (χ4n) is 3.10. The molecule has 20 heavy (non-hydrogen) atoms. The molecule has 3 aliphatic heterocycles. The Kier molecular flexibility index (Phi) is 3.19. The first-order valence-electron chi connectivity index (χ1n) is 6.89. The summed E-state index contributed by atoms with van der Waals surface area (Å²) in [6.07, 6.45) is -2.03. The number of rotatable bonds is 2. The Morgan fingerprint density at radius 2 is 1.75 bits per heavy atom. The van der Waals surface area contributed by atoms with E-state index in [1.54, 1.807) is 13.8 Å². The van der Waals surface area contributed by atoms with Crippen LogP contribution in [0.15, 0.2) is 0 Å². The normalized spacial score (nSPS) is 49.5. The zero-order valence-electron chi connectivity index (χ0n) is 12.3. The fourth-order valence-corrected chi connectivity index (χ4v) is 3.10. The summed E-state index contributed by atoms with van der Waals surface area (Å²) >= 11 is 0. The van der Waals surface area contributed by atoms with Crippen molar-refractivity contribution in [2.45, 2.75) is 69.4 Å². The predicted molar refractivity (Wildman–Crippen MR) is 67.6 cm³/mol. The quantitative estimate of drug-likeness (QED) is 0.721. The molecule has 7 nitrogen and oxygen atoms in total. The van der Waals surface area contributed by atoms with Crippen LogP contribution in [0.4, 0.5) is 0 Å². The van der Waals surface area contributed by atoms with E-state index in [4.69, 9.17) is 29.4 Å². The Morgan fingerprint density at radius 3 is 2.30 bits per heavy atom. The third kappa shape index (κ3) is 2.18. The van der Waals surface area contributed by atoms with Crippen LogP contribution in [0, 0.1) is 0 Å². The summed E-state index contributed by atoms with van der Waals surface area (Å²) in [7, 11) is 0. The van der Waals surface area contributed by atoms with Gasteiger partial charge in [-0.3, -0.25) is 0 Å². The molecule has 0 radical (unpaired) electrons. The molecule has 3 aliphatic rings. The number of fused-ring (bicyclic) bond motifs is 1. The van der Waals surface area contributed by atoms with Crippen molar-refractivity contribution in [2.75, 3.05) is 13.2 Å². The highest BCUT2D eigenvalue weighted by atomic mass is 16.8. The molecule has 0 aromatic carbocycles. The van der Waals surface area contributed by atoms with Gasteiger partial charge in [-0.25, -0.2) is 0 Å². The Bertz CT molecular complexity index is 400. The number of aliphatic hydroxyl groups is 1. The van der Waals surface area contributed by atoms with Crippen LogP contribution < -0.4 is 5.73 Å².